The number of rotatable bonds is 5. The van der Waals surface area contributed by atoms with Crippen LogP contribution in [0.5, 0.6) is 0 Å². The van der Waals surface area contributed by atoms with Gasteiger partial charge in [0, 0.05) is 23.0 Å². The maximum Gasteiger partial charge on any atom is 0.230 e. The monoisotopic (exact) mass is 358 g/mol. The first-order valence-corrected chi connectivity index (χ1v) is 9.19. The van der Waals surface area contributed by atoms with Gasteiger partial charge in [-0.25, -0.2) is 9.37 Å². The van der Waals surface area contributed by atoms with Gasteiger partial charge in [0.05, 0.1) is 11.4 Å². The standard InChI is InChI=1S/C18H15FN2OS2/c1-13(22)21(15-7-3-2-4-8-15)18-20-14(12-24-18)11-23-17-10-6-5-9-16(17)19/h2-10,12H,11H2,1H3. The summed E-state index contributed by atoms with van der Waals surface area (Å²) in [6.07, 6.45) is 0. The summed E-state index contributed by atoms with van der Waals surface area (Å²) >= 11 is 2.80. The SMILES string of the molecule is CC(=O)N(c1ccccc1)c1nc(CSc2ccccc2F)cs1. The summed E-state index contributed by atoms with van der Waals surface area (Å²) in [5, 5.41) is 2.53. The molecule has 0 atom stereocenters. The van der Waals surface area contributed by atoms with Gasteiger partial charge in [-0.05, 0) is 24.3 Å². The number of nitrogens with zero attached hydrogens (tertiary/aromatic N) is 2. The molecule has 3 rings (SSSR count). The van der Waals surface area contributed by atoms with E-state index < -0.39 is 0 Å². The van der Waals surface area contributed by atoms with Crippen LogP contribution in [0.4, 0.5) is 15.2 Å². The van der Waals surface area contributed by atoms with Crippen LogP contribution in [0.15, 0.2) is 64.9 Å². The summed E-state index contributed by atoms with van der Waals surface area (Å²) in [4.78, 5) is 18.7. The zero-order chi connectivity index (χ0) is 16.9. The molecule has 1 heterocycles. The molecule has 24 heavy (non-hydrogen) atoms. The number of para-hydroxylation sites is 1. The third kappa shape index (κ3) is 3.83. The zero-order valence-electron chi connectivity index (χ0n) is 13.0. The molecular formula is C18H15FN2OS2. The van der Waals surface area contributed by atoms with E-state index in [0.29, 0.717) is 15.8 Å². The largest absolute Gasteiger partial charge is 0.274 e. The molecule has 3 nitrogen and oxygen atoms in total. The molecule has 1 amide bonds. The molecule has 3 aromatic rings. The third-order valence-electron chi connectivity index (χ3n) is 3.27. The smallest absolute Gasteiger partial charge is 0.230 e. The van der Waals surface area contributed by atoms with Crippen LogP contribution < -0.4 is 4.90 Å². The molecule has 0 aliphatic rings. The van der Waals surface area contributed by atoms with E-state index in [9.17, 15) is 9.18 Å². The van der Waals surface area contributed by atoms with Crippen LogP contribution in [0.3, 0.4) is 0 Å². The van der Waals surface area contributed by atoms with Crippen molar-refractivity contribution in [1.82, 2.24) is 4.98 Å². The molecule has 0 bridgehead atoms. The fourth-order valence-electron chi connectivity index (χ4n) is 2.18. The normalized spacial score (nSPS) is 10.6. The van der Waals surface area contributed by atoms with Crippen LogP contribution in [0.25, 0.3) is 0 Å². The van der Waals surface area contributed by atoms with E-state index in [-0.39, 0.29) is 11.7 Å². The van der Waals surface area contributed by atoms with Crippen LogP contribution in [0.2, 0.25) is 0 Å². The number of benzene rings is 2. The molecule has 0 unspecified atom stereocenters. The van der Waals surface area contributed by atoms with Gasteiger partial charge in [-0.15, -0.1) is 23.1 Å². The second-order valence-corrected chi connectivity index (χ2v) is 6.88. The van der Waals surface area contributed by atoms with E-state index in [0.717, 1.165) is 11.4 Å². The molecule has 122 valence electrons. The van der Waals surface area contributed by atoms with E-state index in [1.807, 2.05) is 41.8 Å². The van der Waals surface area contributed by atoms with Gasteiger partial charge < -0.3 is 0 Å². The molecule has 0 fully saturated rings. The van der Waals surface area contributed by atoms with Crippen molar-refractivity contribution >= 4 is 39.8 Å². The van der Waals surface area contributed by atoms with Crippen molar-refractivity contribution in [3.63, 3.8) is 0 Å². The highest BCUT2D eigenvalue weighted by Crippen LogP contribution is 2.31. The van der Waals surface area contributed by atoms with Crippen molar-refractivity contribution in [2.24, 2.45) is 0 Å². The minimum atomic E-state index is -0.229. The molecule has 1 aromatic heterocycles. The Hall–Kier alpha value is -2.18. The van der Waals surface area contributed by atoms with Gasteiger partial charge >= 0.3 is 0 Å². The maximum atomic E-state index is 13.7. The Morgan fingerprint density at radius 3 is 2.58 bits per heavy atom. The lowest BCUT2D eigenvalue weighted by atomic mass is 10.3. The van der Waals surface area contributed by atoms with E-state index >= 15 is 0 Å². The number of amides is 1. The van der Waals surface area contributed by atoms with E-state index in [1.165, 1.54) is 36.1 Å². The third-order valence-corrected chi connectivity index (χ3v) is 5.23. The van der Waals surface area contributed by atoms with Crippen molar-refractivity contribution in [3.8, 4) is 0 Å². The summed E-state index contributed by atoms with van der Waals surface area (Å²) in [5.41, 5.74) is 1.61. The second kappa shape index (κ2) is 7.59. The molecule has 0 aliphatic heterocycles. The van der Waals surface area contributed by atoms with Crippen LogP contribution in [-0.2, 0) is 10.5 Å². The first-order valence-electron chi connectivity index (χ1n) is 7.32. The molecular weight excluding hydrogens is 343 g/mol. The minimum absolute atomic E-state index is 0.0937. The van der Waals surface area contributed by atoms with Crippen molar-refractivity contribution in [1.29, 1.82) is 0 Å². The summed E-state index contributed by atoms with van der Waals surface area (Å²) in [5.74, 6) is 0.231. The Morgan fingerprint density at radius 2 is 1.88 bits per heavy atom. The molecule has 0 radical (unpaired) electrons. The summed E-state index contributed by atoms with van der Waals surface area (Å²) in [7, 11) is 0. The highest BCUT2D eigenvalue weighted by molar-refractivity contribution is 7.98. The number of carbonyl (C=O) groups excluding carboxylic acids is 1. The van der Waals surface area contributed by atoms with Gasteiger partial charge in [0.2, 0.25) is 5.91 Å². The van der Waals surface area contributed by atoms with Crippen LogP contribution >= 0.6 is 23.1 Å². The zero-order valence-corrected chi connectivity index (χ0v) is 14.6. The number of aromatic nitrogens is 1. The molecule has 0 saturated heterocycles. The second-order valence-electron chi connectivity index (χ2n) is 5.03. The molecule has 0 saturated carbocycles. The van der Waals surface area contributed by atoms with E-state index in [2.05, 4.69) is 4.98 Å². The van der Waals surface area contributed by atoms with Gasteiger partial charge in [0.1, 0.15) is 5.82 Å². The summed E-state index contributed by atoms with van der Waals surface area (Å²) in [6.45, 7) is 1.52. The minimum Gasteiger partial charge on any atom is -0.274 e. The summed E-state index contributed by atoms with van der Waals surface area (Å²) < 4.78 is 13.7. The number of hydrogen-bond acceptors (Lipinski definition) is 4. The Morgan fingerprint density at radius 1 is 1.17 bits per heavy atom. The topological polar surface area (TPSA) is 33.2 Å². The number of anilines is 2. The molecule has 6 heteroatoms. The number of thiazole rings is 1. The molecule has 0 aliphatic carbocycles. The first kappa shape index (κ1) is 16.7. The lowest BCUT2D eigenvalue weighted by Crippen LogP contribution is -2.22. The van der Waals surface area contributed by atoms with Gasteiger partial charge in [0.25, 0.3) is 0 Å². The van der Waals surface area contributed by atoms with Crippen molar-refractivity contribution < 1.29 is 9.18 Å². The highest BCUT2D eigenvalue weighted by Gasteiger charge is 2.17. The average molecular weight is 358 g/mol. The number of halogens is 1. The lowest BCUT2D eigenvalue weighted by Gasteiger charge is -2.17. The fraction of sp³-hybridized carbons (Fsp3) is 0.111. The van der Waals surface area contributed by atoms with Gasteiger partial charge in [-0.1, -0.05) is 30.3 Å². The van der Waals surface area contributed by atoms with Gasteiger partial charge in [-0.2, -0.15) is 0 Å². The van der Waals surface area contributed by atoms with Crippen molar-refractivity contribution in [3.05, 3.63) is 71.5 Å². The summed E-state index contributed by atoms with van der Waals surface area (Å²) in [6, 6.07) is 16.1. The van der Waals surface area contributed by atoms with Crippen LogP contribution in [0, 0.1) is 5.82 Å². The quantitative estimate of drug-likeness (QED) is 0.583. The highest BCUT2D eigenvalue weighted by atomic mass is 32.2. The maximum absolute atomic E-state index is 13.7. The first-order chi connectivity index (χ1) is 11.6. The van der Waals surface area contributed by atoms with Gasteiger partial charge in [0.15, 0.2) is 5.13 Å². The number of hydrogen-bond donors (Lipinski definition) is 0. The number of carbonyl (C=O) groups is 1. The Balaban J connectivity index is 1.77. The van der Waals surface area contributed by atoms with Crippen LogP contribution in [0.1, 0.15) is 12.6 Å². The fourth-order valence-corrected chi connectivity index (χ4v) is 4.01. The Labute approximate surface area is 148 Å². The molecule has 0 N–H and O–H groups in total. The van der Waals surface area contributed by atoms with Crippen LogP contribution in [-0.4, -0.2) is 10.9 Å². The van der Waals surface area contributed by atoms with Crippen molar-refractivity contribution in [2.75, 3.05) is 4.90 Å². The Kier molecular flexibility index (Phi) is 5.27. The Bertz CT molecular complexity index is 836. The predicted octanol–water partition coefficient (Wildman–Crippen LogP) is 5.26. The number of thioether (sulfide) groups is 1. The van der Waals surface area contributed by atoms with E-state index in [4.69, 9.17) is 0 Å². The molecule has 0 spiro atoms. The predicted molar refractivity (Wildman–Crippen MR) is 97.3 cm³/mol. The lowest BCUT2D eigenvalue weighted by molar-refractivity contribution is -0.115. The van der Waals surface area contributed by atoms with E-state index in [1.54, 1.807) is 17.0 Å². The van der Waals surface area contributed by atoms with Crippen molar-refractivity contribution in [2.45, 2.75) is 17.6 Å². The van der Waals surface area contributed by atoms with Gasteiger partial charge in [-0.3, -0.25) is 9.69 Å². The average Bonchev–Trinajstić information content (AvgIpc) is 3.03. The molecule has 2 aromatic carbocycles.